The number of carbonyl (C=O) groups excluding carboxylic acids is 1. The fraction of sp³-hybridized carbons (Fsp3) is 0.846. The molecule has 4 unspecified atom stereocenters. The van der Waals surface area contributed by atoms with Gasteiger partial charge in [0.1, 0.15) is 11.8 Å². The van der Waals surface area contributed by atoms with Crippen LogP contribution in [0.3, 0.4) is 0 Å². The molecule has 0 aromatic carbocycles. The molecule has 0 bridgehead atoms. The summed E-state index contributed by atoms with van der Waals surface area (Å²) in [7, 11) is 0. The topological polar surface area (TPSA) is 87.1 Å². The predicted molar refractivity (Wildman–Crippen MR) is 69.0 cm³/mol. The average molecular weight is 291 g/mol. The number of rotatable bonds is 3. The van der Waals surface area contributed by atoms with Crippen molar-refractivity contribution in [3.63, 3.8) is 0 Å². The van der Waals surface area contributed by atoms with Gasteiger partial charge in [0.2, 0.25) is 0 Å². The second-order valence-corrected chi connectivity index (χ2v) is 6.15. The number of halogens is 1. The minimum absolute atomic E-state index is 0.0853. The molecule has 116 valence electrons. The third-order valence-corrected chi connectivity index (χ3v) is 3.22. The zero-order chi connectivity index (χ0) is 15.7. The molecule has 1 aliphatic heterocycles. The van der Waals surface area contributed by atoms with Gasteiger partial charge in [0.15, 0.2) is 0 Å². The highest BCUT2D eigenvalue weighted by atomic mass is 19.1. The van der Waals surface area contributed by atoms with E-state index in [0.717, 1.165) is 4.90 Å². The highest BCUT2D eigenvalue weighted by molar-refractivity contribution is 5.72. The summed E-state index contributed by atoms with van der Waals surface area (Å²) in [5, 5.41) is 18.9. The molecule has 2 N–H and O–H groups in total. The maximum atomic E-state index is 13.5. The lowest BCUT2D eigenvalue weighted by Crippen LogP contribution is -2.48. The van der Waals surface area contributed by atoms with E-state index in [9.17, 15) is 19.1 Å². The molecular weight excluding hydrogens is 269 g/mol. The van der Waals surface area contributed by atoms with Crippen molar-refractivity contribution in [3.8, 4) is 0 Å². The quantitative estimate of drug-likeness (QED) is 0.821. The lowest BCUT2D eigenvalue weighted by Gasteiger charge is -2.31. The summed E-state index contributed by atoms with van der Waals surface area (Å²) >= 11 is 0. The molecule has 0 radical (unpaired) electrons. The number of hydrogen-bond acceptors (Lipinski definition) is 4. The second-order valence-electron chi connectivity index (χ2n) is 6.15. The first-order valence-electron chi connectivity index (χ1n) is 6.57. The highest BCUT2D eigenvalue weighted by Crippen LogP contribution is 2.28. The fourth-order valence-corrected chi connectivity index (χ4v) is 2.15. The average Bonchev–Trinajstić information content (AvgIpc) is 2.67. The van der Waals surface area contributed by atoms with Gasteiger partial charge in [-0.05, 0) is 27.7 Å². The van der Waals surface area contributed by atoms with Crippen molar-refractivity contribution in [3.05, 3.63) is 0 Å². The van der Waals surface area contributed by atoms with Crippen LogP contribution >= 0.6 is 0 Å². The molecule has 1 heterocycles. The molecule has 6 nitrogen and oxygen atoms in total. The number of alkyl halides is 1. The van der Waals surface area contributed by atoms with Crippen LogP contribution in [-0.4, -0.2) is 57.6 Å². The largest absolute Gasteiger partial charge is 0.481 e. The Bertz CT molecular complexity index is 381. The maximum Gasteiger partial charge on any atom is 0.410 e. The van der Waals surface area contributed by atoms with E-state index in [2.05, 4.69) is 0 Å². The van der Waals surface area contributed by atoms with Gasteiger partial charge in [0.05, 0.1) is 24.6 Å². The lowest BCUT2D eigenvalue weighted by atomic mass is 9.96. The Kier molecular flexibility index (Phi) is 4.96. The number of carboxylic acid groups (broad SMARTS) is 1. The lowest BCUT2D eigenvalue weighted by molar-refractivity contribution is -0.146. The number of carboxylic acids is 1. The van der Waals surface area contributed by atoms with Crippen molar-refractivity contribution < 1.29 is 28.9 Å². The molecule has 20 heavy (non-hydrogen) atoms. The van der Waals surface area contributed by atoms with E-state index in [1.165, 1.54) is 6.92 Å². The molecule has 0 spiro atoms. The van der Waals surface area contributed by atoms with Crippen LogP contribution in [0.2, 0.25) is 0 Å². The minimum atomic E-state index is -1.33. The Balaban J connectivity index is 2.83. The standard InChI is InChI=1S/C13H22FNO5/c1-7(11(17)18)10(16)9-5-8(14)6-15(9)12(19)20-13(2,3)4/h7-10,16H,5-6H2,1-4H3,(H,17,18). The molecule has 7 heteroatoms. The first-order chi connectivity index (χ1) is 9.03. The van der Waals surface area contributed by atoms with Crippen molar-refractivity contribution in [2.45, 2.75) is 58.0 Å². The van der Waals surface area contributed by atoms with Crippen LogP contribution < -0.4 is 0 Å². The SMILES string of the molecule is CC(C(=O)O)C(O)C1CC(F)CN1C(=O)OC(C)(C)C. The Morgan fingerprint density at radius 1 is 1.40 bits per heavy atom. The van der Waals surface area contributed by atoms with Crippen molar-refractivity contribution in [2.75, 3.05) is 6.54 Å². The summed E-state index contributed by atoms with van der Waals surface area (Å²) in [4.78, 5) is 24.0. The molecular formula is C13H22FNO5. The summed E-state index contributed by atoms with van der Waals surface area (Å²) in [6, 6.07) is -0.883. The molecule has 1 aliphatic rings. The minimum Gasteiger partial charge on any atom is -0.481 e. The first kappa shape index (κ1) is 16.7. The van der Waals surface area contributed by atoms with Gasteiger partial charge in [0.25, 0.3) is 0 Å². The van der Waals surface area contributed by atoms with E-state index >= 15 is 0 Å². The number of carbonyl (C=O) groups is 2. The van der Waals surface area contributed by atoms with Gasteiger partial charge in [-0.15, -0.1) is 0 Å². The second kappa shape index (κ2) is 5.95. The third-order valence-electron chi connectivity index (χ3n) is 3.22. The summed E-state index contributed by atoms with van der Waals surface area (Å²) in [6.07, 6.45) is -3.44. The van der Waals surface area contributed by atoms with Gasteiger partial charge in [0, 0.05) is 6.42 Å². The Morgan fingerprint density at radius 2 is 1.95 bits per heavy atom. The van der Waals surface area contributed by atoms with Crippen molar-refractivity contribution >= 4 is 12.1 Å². The molecule has 4 atom stereocenters. The zero-order valence-electron chi connectivity index (χ0n) is 12.2. The zero-order valence-corrected chi connectivity index (χ0v) is 12.2. The highest BCUT2D eigenvalue weighted by Gasteiger charge is 2.44. The van der Waals surface area contributed by atoms with E-state index in [1.54, 1.807) is 20.8 Å². The number of aliphatic hydroxyl groups excluding tert-OH is 1. The summed E-state index contributed by atoms with van der Waals surface area (Å²) in [5.41, 5.74) is -0.737. The summed E-state index contributed by atoms with van der Waals surface area (Å²) in [5.74, 6) is -2.28. The molecule has 1 rings (SSSR count). The third kappa shape index (κ3) is 4.06. The smallest absolute Gasteiger partial charge is 0.410 e. The van der Waals surface area contributed by atoms with Crippen LogP contribution in [0.5, 0.6) is 0 Å². The summed E-state index contributed by atoms with van der Waals surface area (Å²) in [6.45, 7) is 6.17. The molecule has 1 amide bonds. The van der Waals surface area contributed by atoms with Crippen molar-refractivity contribution in [2.24, 2.45) is 5.92 Å². The summed E-state index contributed by atoms with van der Waals surface area (Å²) < 4.78 is 18.7. The van der Waals surface area contributed by atoms with E-state index in [4.69, 9.17) is 9.84 Å². The Hall–Kier alpha value is -1.37. The van der Waals surface area contributed by atoms with Crippen LogP contribution in [0.15, 0.2) is 0 Å². The Morgan fingerprint density at radius 3 is 2.40 bits per heavy atom. The Labute approximate surface area is 117 Å². The normalized spacial score (nSPS) is 26.2. The van der Waals surface area contributed by atoms with E-state index < -0.39 is 41.9 Å². The van der Waals surface area contributed by atoms with E-state index in [-0.39, 0.29) is 13.0 Å². The predicted octanol–water partition coefficient (Wildman–Crippen LogP) is 1.42. The number of likely N-dealkylation sites (tertiary alicyclic amines) is 1. The van der Waals surface area contributed by atoms with Crippen LogP contribution in [0.4, 0.5) is 9.18 Å². The monoisotopic (exact) mass is 291 g/mol. The van der Waals surface area contributed by atoms with Crippen molar-refractivity contribution in [1.29, 1.82) is 0 Å². The van der Waals surface area contributed by atoms with Gasteiger partial charge in [-0.3, -0.25) is 9.69 Å². The van der Waals surface area contributed by atoms with Crippen LogP contribution in [0.1, 0.15) is 34.1 Å². The molecule has 0 aromatic rings. The number of aliphatic hydroxyl groups is 1. The fourth-order valence-electron chi connectivity index (χ4n) is 2.15. The number of hydrogen-bond donors (Lipinski definition) is 2. The van der Waals surface area contributed by atoms with Gasteiger partial charge >= 0.3 is 12.1 Å². The van der Waals surface area contributed by atoms with Gasteiger partial charge in [-0.2, -0.15) is 0 Å². The number of amides is 1. The van der Waals surface area contributed by atoms with E-state index in [0.29, 0.717) is 0 Å². The van der Waals surface area contributed by atoms with Gasteiger partial charge in [-0.1, -0.05) is 0 Å². The first-order valence-corrected chi connectivity index (χ1v) is 6.57. The van der Waals surface area contributed by atoms with Gasteiger partial charge < -0.3 is 14.9 Å². The van der Waals surface area contributed by atoms with Crippen LogP contribution in [0, 0.1) is 5.92 Å². The molecule has 1 fully saturated rings. The number of aliphatic carboxylic acids is 1. The van der Waals surface area contributed by atoms with Gasteiger partial charge in [-0.25, -0.2) is 9.18 Å². The number of ether oxygens (including phenoxy) is 1. The van der Waals surface area contributed by atoms with Crippen LogP contribution in [-0.2, 0) is 9.53 Å². The van der Waals surface area contributed by atoms with Crippen molar-refractivity contribution in [1.82, 2.24) is 4.90 Å². The molecule has 0 aromatic heterocycles. The molecule has 0 aliphatic carbocycles. The molecule has 0 saturated carbocycles. The maximum absolute atomic E-state index is 13.5. The van der Waals surface area contributed by atoms with E-state index in [1.807, 2.05) is 0 Å². The number of nitrogens with zero attached hydrogens (tertiary/aromatic N) is 1. The van der Waals surface area contributed by atoms with Crippen LogP contribution in [0.25, 0.3) is 0 Å². The molecule has 1 saturated heterocycles.